The first-order valence-corrected chi connectivity index (χ1v) is 8.89. The van der Waals surface area contributed by atoms with Crippen LogP contribution in [0.15, 0.2) is 42.5 Å². The van der Waals surface area contributed by atoms with E-state index >= 15 is 0 Å². The average molecular weight is 410 g/mol. The number of carbonyl (C=O) groups is 1. The summed E-state index contributed by atoms with van der Waals surface area (Å²) in [6.07, 6.45) is 0. The Hall–Kier alpha value is -2.01. The Kier molecular flexibility index (Phi) is 5.56. The summed E-state index contributed by atoms with van der Waals surface area (Å²) in [5.74, 6) is -0.502. The number of methoxy groups -OCH3 is 1. The lowest BCUT2D eigenvalue weighted by Crippen LogP contribution is -2.07. The van der Waals surface area contributed by atoms with Crippen LogP contribution < -0.4 is 0 Å². The molecular formula is C19H15Cl3N2O2. The second-order valence-electron chi connectivity index (χ2n) is 5.76. The molecule has 3 aromatic rings. The van der Waals surface area contributed by atoms with E-state index in [4.69, 9.17) is 39.5 Å². The molecule has 1 aromatic heterocycles. The van der Waals surface area contributed by atoms with Crippen LogP contribution >= 0.6 is 34.8 Å². The van der Waals surface area contributed by atoms with E-state index in [1.165, 1.54) is 7.11 Å². The minimum atomic E-state index is -0.502. The number of aromatic nitrogens is 2. The van der Waals surface area contributed by atoms with Gasteiger partial charge in [-0.25, -0.2) is 4.79 Å². The number of ether oxygens (including phenoxy) is 1. The molecule has 0 unspecified atom stereocenters. The molecule has 0 saturated heterocycles. The summed E-state index contributed by atoms with van der Waals surface area (Å²) in [6, 6.07) is 12.6. The SMILES string of the molecule is COC(=O)c1cc(-c2ccc(Cl)c(C)c2)n(Cc2ccc(Cl)cc2Cl)n1. The fourth-order valence-electron chi connectivity index (χ4n) is 2.59. The molecule has 0 N–H and O–H groups in total. The molecule has 0 aliphatic carbocycles. The van der Waals surface area contributed by atoms with Crippen molar-refractivity contribution in [3.05, 3.63) is 74.4 Å². The third-order valence-corrected chi connectivity index (χ3v) is 4.97. The van der Waals surface area contributed by atoms with Gasteiger partial charge >= 0.3 is 5.97 Å². The second-order valence-corrected chi connectivity index (χ2v) is 7.01. The third-order valence-electron chi connectivity index (χ3n) is 3.96. The van der Waals surface area contributed by atoms with Crippen molar-refractivity contribution in [3.63, 3.8) is 0 Å². The summed E-state index contributed by atoms with van der Waals surface area (Å²) < 4.78 is 6.51. The lowest BCUT2D eigenvalue weighted by atomic mass is 10.1. The lowest BCUT2D eigenvalue weighted by molar-refractivity contribution is 0.0593. The summed E-state index contributed by atoms with van der Waals surface area (Å²) in [5, 5.41) is 6.15. The van der Waals surface area contributed by atoms with E-state index in [0.29, 0.717) is 21.6 Å². The number of hydrogen-bond acceptors (Lipinski definition) is 3. The normalized spacial score (nSPS) is 10.8. The highest BCUT2D eigenvalue weighted by molar-refractivity contribution is 6.35. The molecule has 0 aliphatic rings. The summed E-state index contributed by atoms with van der Waals surface area (Å²) >= 11 is 18.4. The number of benzene rings is 2. The molecule has 0 aliphatic heterocycles. The van der Waals surface area contributed by atoms with E-state index < -0.39 is 5.97 Å². The number of nitrogens with zero attached hydrogens (tertiary/aromatic N) is 2. The van der Waals surface area contributed by atoms with Crippen LogP contribution in [0.3, 0.4) is 0 Å². The highest BCUT2D eigenvalue weighted by Gasteiger charge is 2.17. The minimum Gasteiger partial charge on any atom is -0.464 e. The van der Waals surface area contributed by atoms with Crippen LogP contribution in [0.1, 0.15) is 21.6 Å². The topological polar surface area (TPSA) is 44.1 Å². The van der Waals surface area contributed by atoms with Crippen LogP contribution in [0.5, 0.6) is 0 Å². The van der Waals surface area contributed by atoms with E-state index in [-0.39, 0.29) is 5.69 Å². The zero-order chi connectivity index (χ0) is 18.8. The van der Waals surface area contributed by atoms with Gasteiger partial charge in [0.25, 0.3) is 0 Å². The van der Waals surface area contributed by atoms with Crippen LogP contribution in [0.4, 0.5) is 0 Å². The van der Waals surface area contributed by atoms with E-state index in [1.807, 2.05) is 31.2 Å². The van der Waals surface area contributed by atoms with Crippen molar-refractivity contribution >= 4 is 40.8 Å². The van der Waals surface area contributed by atoms with Gasteiger partial charge in [-0.1, -0.05) is 46.9 Å². The van der Waals surface area contributed by atoms with Gasteiger partial charge in [-0.05, 0) is 48.4 Å². The molecule has 4 nitrogen and oxygen atoms in total. The van der Waals surface area contributed by atoms with Crippen molar-refractivity contribution in [2.45, 2.75) is 13.5 Å². The van der Waals surface area contributed by atoms with Gasteiger partial charge in [0.2, 0.25) is 0 Å². The summed E-state index contributed by atoms with van der Waals surface area (Å²) in [4.78, 5) is 11.9. The molecule has 2 aromatic carbocycles. The lowest BCUT2D eigenvalue weighted by Gasteiger charge is -2.10. The van der Waals surface area contributed by atoms with E-state index in [0.717, 1.165) is 22.4 Å². The Morgan fingerprint density at radius 2 is 1.85 bits per heavy atom. The molecule has 0 spiro atoms. The molecule has 0 amide bonds. The fourth-order valence-corrected chi connectivity index (χ4v) is 3.18. The molecule has 0 fully saturated rings. The first-order valence-electron chi connectivity index (χ1n) is 7.75. The van der Waals surface area contributed by atoms with Crippen molar-refractivity contribution in [2.75, 3.05) is 7.11 Å². The first kappa shape index (κ1) is 18.8. The molecule has 0 atom stereocenters. The summed E-state index contributed by atoms with van der Waals surface area (Å²) in [7, 11) is 1.32. The van der Waals surface area contributed by atoms with Gasteiger partial charge in [-0.15, -0.1) is 0 Å². The Bertz CT molecular complexity index is 983. The Morgan fingerprint density at radius 3 is 2.50 bits per heavy atom. The second kappa shape index (κ2) is 7.70. The summed E-state index contributed by atoms with van der Waals surface area (Å²) in [5.41, 5.74) is 3.64. The van der Waals surface area contributed by atoms with Crippen molar-refractivity contribution in [1.82, 2.24) is 9.78 Å². The molecule has 26 heavy (non-hydrogen) atoms. The predicted octanol–water partition coefficient (Wildman–Crippen LogP) is 5.65. The van der Waals surface area contributed by atoms with Crippen LogP contribution in [-0.4, -0.2) is 22.9 Å². The monoisotopic (exact) mass is 408 g/mol. The number of halogens is 3. The summed E-state index contributed by atoms with van der Waals surface area (Å²) in [6.45, 7) is 2.30. The van der Waals surface area contributed by atoms with Crippen LogP contribution in [-0.2, 0) is 11.3 Å². The van der Waals surface area contributed by atoms with Crippen LogP contribution in [0.2, 0.25) is 15.1 Å². The van der Waals surface area contributed by atoms with Gasteiger partial charge < -0.3 is 4.74 Å². The van der Waals surface area contributed by atoms with Gasteiger partial charge in [0, 0.05) is 20.6 Å². The molecule has 134 valence electrons. The highest BCUT2D eigenvalue weighted by atomic mass is 35.5. The van der Waals surface area contributed by atoms with Gasteiger partial charge in [-0.2, -0.15) is 5.10 Å². The van der Waals surface area contributed by atoms with E-state index in [2.05, 4.69) is 5.10 Å². The van der Waals surface area contributed by atoms with Crippen molar-refractivity contribution in [2.24, 2.45) is 0 Å². The zero-order valence-electron chi connectivity index (χ0n) is 14.1. The Labute approximate surface area is 166 Å². The van der Waals surface area contributed by atoms with Crippen LogP contribution in [0.25, 0.3) is 11.3 Å². The molecule has 3 rings (SSSR count). The molecule has 7 heteroatoms. The first-order chi connectivity index (χ1) is 12.4. The van der Waals surface area contributed by atoms with Crippen molar-refractivity contribution < 1.29 is 9.53 Å². The number of aryl methyl sites for hydroxylation is 1. The average Bonchev–Trinajstić information content (AvgIpc) is 3.03. The highest BCUT2D eigenvalue weighted by Crippen LogP contribution is 2.28. The number of esters is 1. The molecule has 0 saturated carbocycles. The smallest absolute Gasteiger partial charge is 0.358 e. The van der Waals surface area contributed by atoms with E-state index in [9.17, 15) is 4.79 Å². The number of carbonyl (C=O) groups excluding carboxylic acids is 1. The van der Waals surface area contributed by atoms with E-state index in [1.54, 1.807) is 22.9 Å². The Balaban J connectivity index is 2.08. The minimum absolute atomic E-state index is 0.222. The maximum atomic E-state index is 11.9. The molecule has 0 radical (unpaired) electrons. The quantitative estimate of drug-likeness (QED) is 0.523. The van der Waals surface area contributed by atoms with Gasteiger partial charge in [0.15, 0.2) is 5.69 Å². The van der Waals surface area contributed by atoms with Crippen molar-refractivity contribution in [3.8, 4) is 11.3 Å². The standard InChI is InChI=1S/C19H15Cl3N2O2/c1-11-7-12(4-6-15(11)21)18-9-17(19(25)26-2)23-24(18)10-13-3-5-14(20)8-16(13)22/h3-9H,10H2,1-2H3. The molecular weight excluding hydrogens is 395 g/mol. The number of rotatable bonds is 4. The fraction of sp³-hybridized carbons (Fsp3) is 0.158. The molecule has 1 heterocycles. The van der Waals surface area contributed by atoms with Crippen LogP contribution in [0, 0.1) is 6.92 Å². The zero-order valence-corrected chi connectivity index (χ0v) is 16.4. The predicted molar refractivity (Wildman–Crippen MR) is 104 cm³/mol. The van der Waals surface area contributed by atoms with Crippen molar-refractivity contribution in [1.29, 1.82) is 0 Å². The van der Waals surface area contributed by atoms with Gasteiger partial charge in [-0.3, -0.25) is 4.68 Å². The largest absolute Gasteiger partial charge is 0.464 e. The van der Waals surface area contributed by atoms with Gasteiger partial charge in [0.05, 0.1) is 19.3 Å². The maximum absolute atomic E-state index is 11.9. The Morgan fingerprint density at radius 1 is 1.08 bits per heavy atom. The maximum Gasteiger partial charge on any atom is 0.358 e. The van der Waals surface area contributed by atoms with Gasteiger partial charge in [0.1, 0.15) is 0 Å². The number of hydrogen-bond donors (Lipinski definition) is 0. The third kappa shape index (κ3) is 3.88. The molecule has 0 bridgehead atoms.